The summed E-state index contributed by atoms with van der Waals surface area (Å²) >= 11 is 0. The maximum absolute atomic E-state index is 9.53. The van der Waals surface area contributed by atoms with Crippen LogP contribution in [0.25, 0.3) is 0 Å². The summed E-state index contributed by atoms with van der Waals surface area (Å²) in [6.07, 6.45) is 6.02. The number of rotatable bonds is 3. The molecule has 2 unspecified atom stereocenters. The first-order chi connectivity index (χ1) is 5.75. The molecule has 2 atom stereocenters. The maximum atomic E-state index is 9.53. The van der Waals surface area contributed by atoms with E-state index in [-0.39, 0.29) is 6.61 Å². The summed E-state index contributed by atoms with van der Waals surface area (Å²) in [6.45, 7) is 2.09. The highest BCUT2D eigenvalue weighted by Gasteiger charge is 2.35. The summed E-state index contributed by atoms with van der Waals surface area (Å²) in [5.74, 6) is 0. The average molecular weight is 170 g/mol. The predicted octanol–water partition coefficient (Wildman–Crippen LogP) is 0.241. The molecule has 0 heterocycles. The molecule has 1 aliphatic carbocycles. The van der Waals surface area contributed by atoms with Gasteiger partial charge >= 0.3 is 0 Å². The van der Waals surface area contributed by atoms with E-state index in [2.05, 4.69) is 0 Å². The molecule has 3 heteroatoms. The van der Waals surface area contributed by atoms with Gasteiger partial charge in [0, 0.05) is 6.61 Å². The Bertz CT molecular complexity index is 198. The second kappa shape index (κ2) is 3.85. The molecule has 1 rings (SSSR count). The normalized spacial score (nSPS) is 34.1. The fourth-order valence-electron chi connectivity index (χ4n) is 1.24. The fourth-order valence-corrected chi connectivity index (χ4v) is 1.24. The first kappa shape index (κ1) is 9.45. The molecule has 0 bridgehead atoms. The number of aliphatic hydroxyl groups is 2. The molecule has 1 aliphatic rings. The van der Waals surface area contributed by atoms with Crippen LogP contribution >= 0.6 is 0 Å². The van der Waals surface area contributed by atoms with Gasteiger partial charge in [-0.25, -0.2) is 0 Å². The van der Waals surface area contributed by atoms with Crippen LogP contribution in [0.3, 0.4) is 0 Å². The van der Waals surface area contributed by atoms with E-state index >= 15 is 0 Å². The number of aliphatic hydroxyl groups excluding tert-OH is 2. The van der Waals surface area contributed by atoms with Crippen LogP contribution in [0.5, 0.6) is 0 Å². The molecule has 0 aromatic heterocycles. The SMILES string of the molecule is CCOC1(CO)C=CC=CC1O. The summed E-state index contributed by atoms with van der Waals surface area (Å²) in [4.78, 5) is 0. The molecule has 0 saturated heterocycles. The lowest BCUT2D eigenvalue weighted by atomic mass is 9.93. The van der Waals surface area contributed by atoms with Crippen LogP contribution in [0.15, 0.2) is 24.3 Å². The highest BCUT2D eigenvalue weighted by molar-refractivity contribution is 5.23. The molecule has 2 N–H and O–H groups in total. The predicted molar refractivity (Wildman–Crippen MR) is 45.7 cm³/mol. The zero-order valence-corrected chi connectivity index (χ0v) is 7.10. The molecule has 0 amide bonds. The van der Waals surface area contributed by atoms with E-state index in [0.717, 1.165) is 0 Å². The van der Waals surface area contributed by atoms with E-state index in [1.165, 1.54) is 0 Å². The van der Waals surface area contributed by atoms with Crippen LogP contribution < -0.4 is 0 Å². The van der Waals surface area contributed by atoms with Crippen molar-refractivity contribution in [2.75, 3.05) is 13.2 Å². The van der Waals surface area contributed by atoms with Gasteiger partial charge in [0.25, 0.3) is 0 Å². The number of ether oxygens (including phenoxy) is 1. The summed E-state index contributed by atoms with van der Waals surface area (Å²) in [7, 11) is 0. The van der Waals surface area contributed by atoms with Gasteiger partial charge in [-0.05, 0) is 13.0 Å². The van der Waals surface area contributed by atoms with Gasteiger partial charge in [0.15, 0.2) is 0 Å². The molecule has 0 aromatic carbocycles. The smallest absolute Gasteiger partial charge is 0.139 e. The molecular formula is C9H14O3. The van der Waals surface area contributed by atoms with Gasteiger partial charge in [-0.3, -0.25) is 0 Å². The van der Waals surface area contributed by atoms with Crippen LogP contribution in [0, 0.1) is 0 Å². The van der Waals surface area contributed by atoms with Gasteiger partial charge in [-0.2, -0.15) is 0 Å². The van der Waals surface area contributed by atoms with Gasteiger partial charge in [0.05, 0.1) is 6.61 Å². The van der Waals surface area contributed by atoms with Crippen molar-refractivity contribution >= 4 is 0 Å². The summed E-state index contributed by atoms with van der Waals surface area (Å²) < 4.78 is 5.29. The summed E-state index contributed by atoms with van der Waals surface area (Å²) in [5, 5.41) is 18.6. The second-order valence-corrected chi connectivity index (χ2v) is 2.73. The minimum absolute atomic E-state index is 0.206. The lowest BCUT2D eigenvalue weighted by molar-refractivity contribution is -0.0979. The van der Waals surface area contributed by atoms with Crippen LogP contribution in [0.2, 0.25) is 0 Å². The van der Waals surface area contributed by atoms with Crippen molar-refractivity contribution < 1.29 is 14.9 Å². The van der Waals surface area contributed by atoms with E-state index < -0.39 is 11.7 Å². The summed E-state index contributed by atoms with van der Waals surface area (Å²) in [5.41, 5.74) is -0.927. The monoisotopic (exact) mass is 170 g/mol. The van der Waals surface area contributed by atoms with Crippen molar-refractivity contribution in [2.24, 2.45) is 0 Å². The van der Waals surface area contributed by atoms with Crippen LogP contribution in [-0.2, 0) is 4.74 Å². The molecular weight excluding hydrogens is 156 g/mol. The molecule has 0 aromatic rings. The molecule has 0 fully saturated rings. The van der Waals surface area contributed by atoms with Gasteiger partial charge in [0.1, 0.15) is 11.7 Å². The van der Waals surface area contributed by atoms with E-state index in [1.54, 1.807) is 24.3 Å². The molecule has 12 heavy (non-hydrogen) atoms. The van der Waals surface area contributed by atoms with Crippen molar-refractivity contribution in [1.82, 2.24) is 0 Å². The standard InChI is InChI=1S/C9H14O3/c1-2-12-9(7-10)6-4-3-5-8(9)11/h3-6,8,10-11H,2,7H2,1H3. The Kier molecular flexibility index (Phi) is 3.03. The van der Waals surface area contributed by atoms with Crippen molar-refractivity contribution in [3.05, 3.63) is 24.3 Å². The summed E-state index contributed by atoms with van der Waals surface area (Å²) in [6, 6.07) is 0. The van der Waals surface area contributed by atoms with Crippen molar-refractivity contribution in [3.8, 4) is 0 Å². The first-order valence-corrected chi connectivity index (χ1v) is 4.04. The second-order valence-electron chi connectivity index (χ2n) is 2.73. The van der Waals surface area contributed by atoms with Crippen molar-refractivity contribution in [3.63, 3.8) is 0 Å². The van der Waals surface area contributed by atoms with Crippen LogP contribution in [-0.4, -0.2) is 35.1 Å². The van der Waals surface area contributed by atoms with Gasteiger partial charge in [-0.15, -0.1) is 0 Å². The number of hydrogen-bond acceptors (Lipinski definition) is 3. The van der Waals surface area contributed by atoms with Gasteiger partial charge < -0.3 is 14.9 Å². The minimum atomic E-state index is -0.927. The Balaban J connectivity index is 2.77. The molecule has 0 saturated carbocycles. The van der Waals surface area contributed by atoms with Crippen molar-refractivity contribution in [2.45, 2.75) is 18.6 Å². The topological polar surface area (TPSA) is 49.7 Å². The lowest BCUT2D eigenvalue weighted by Gasteiger charge is -2.33. The van der Waals surface area contributed by atoms with Crippen molar-refractivity contribution in [1.29, 1.82) is 0 Å². The lowest BCUT2D eigenvalue weighted by Crippen LogP contribution is -2.46. The Morgan fingerprint density at radius 1 is 1.50 bits per heavy atom. The van der Waals surface area contributed by atoms with E-state index in [4.69, 9.17) is 9.84 Å². The third kappa shape index (κ3) is 1.58. The Morgan fingerprint density at radius 3 is 2.75 bits per heavy atom. The number of hydrogen-bond donors (Lipinski definition) is 2. The Labute approximate surface area is 72.0 Å². The van der Waals surface area contributed by atoms with E-state index in [9.17, 15) is 5.11 Å². The molecule has 68 valence electrons. The zero-order chi connectivity index (χ0) is 9.03. The number of allylic oxidation sites excluding steroid dienone is 2. The van der Waals surface area contributed by atoms with E-state index in [1.807, 2.05) is 6.92 Å². The van der Waals surface area contributed by atoms with Crippen LogP contribution in [0.4, 0.5) is 0 Å². The first-order valence-electron chi connectivity index (χ1n) is 4.04. The molecule has 0 radical (unpaired) electrons. The average Bonchev–Trinajstić information content (AvgIpc) is 2.10. The highest BCUT2D eigenvalue weighted by Crippen LogP contribution is 2.22. The van der Waals surface area contributed by atoms with Gasteiger partial charge in [-0.1, -0.05) is 18.2 Å². The molecule has 0 aliphatic heterocycles. The maximum Gasteiger partial charge on any atom is 0.139 e. The fraction of sp³-hybridized carbons (Fsp3) is 0.556. The van der Waals surface area contributed by atoms with Gasteiger partial charge in [0.2, 0.25) is 0 Å². The zero-order valence-electron chi connectivity index (χ0n) is 7.10. The third-order valence-corrected chi connectivity index (χ3v) is 1.94. The largest absolute Gasteiger partial charge is 0.393 e. The highest BCUT2D eigenvalue weighted by atomic mass is 16.5. The quantitative estimate of drug-likeness (QED) is 0.638. The Morgan fingerprint density at radius 2 is 2.25 bits per heavy atom. The van der Waals surface area contributed by atoms with Crippen LogP contribution in [0.1, 0.15) is 6.92 Å². The van der Waals surface area contributed by atoms with E-state index in [0.29, 0.717) is 6.61 Å². The molecule has 3 nitrogen and oxygen atoms in total. The molecule has 0 spiro atoms. The third-order valence-electron chi connectivity index (χ3n) is 1.94. The Hall–Kier alpha value is -0.640. The minimum Gasteiger partial charge on any atom is -0.393 e.